The van der Waals surface area contributed by atoms with E-state index in [1.165, 1.54) is 11.6 Å². The zero-order valence-corrected chi connectivity index (χ0v) is 11.6. The maximum atomic E-state index is 13.5. The van der Waals surface area contributed by atoms with Crippen LogP contribution in [0.1, 0.15) is 30.5 Å². The van der Waals surface area contributed by atoms with E-state index in [-0.39, 0.29) is 11.9 Å². The van der Waals surface area contributed by atoms with Crippen LogP contribution >= 0.6 is 0 Å². The summed E-state index contributed by atoms with van der Waals surface area (Å²) in [5.41, 5.74) is 10.6. The SMILES string of the molecule is CC[C@@H](N)c1ccccc1N1CCc2ccc(F)cc21. The number of nitrogens with two attached hydrogens (primary N) is 1. The number of anilines is 2. The summed E-state index contributed by atoms with van der Waals surface area (Å²) in [6, 6.07) is 13.2. The van der Waals surface area contributed by atoms with E-state index in [2.05, 4.69) is 24.0 Å². The van der Waals surface area contributed by atoms with Crippen molar-refractivity contribution in [2.75, 3.05) is 11.4 Å². The van der Waals surface area contributed by atoms with Crippen LogP contribution in [0.5, 0.6) is 0 Å². The second-order valence-corrected chi connectivity index (χ2v) is 5.25. The number of fused-ring (bicyclic) bond motifs is 1. The zero-order chi connectivity index (χ0) is 14.1. The van der Waals surface area contributed by atoms with Gasteiger partial charge >= 0.3 is 0 Å². The molecule has 3 rings (SSSR count). The molecule has 0 amide bonds. The van der Waals surface area contributed by atoms with Crippen LogP contribution in [0.25, 0.3) is 0 Å². The highest BCUT2D eigenvalue weighted by molar-refractivity contribution is 5.72. The summed E-state index contributed by atoms with van der Waals surface area (Å²) in [4.78, 5) is 2.18. The van der Waals surface area contributed by atoms with Gasteiger partial charge in [0, 0.05) is 24.0 Å². The summed E-state index contributed by atoms with van der Waals surface area (Å²) in [5.74, 6) is -0.187. The molecular formula is C17H19FN2. The third kappa shape index (κ3) is 2.18. The summed E-state index contributed by atoms with van der Waals surface area (Å²) < 4.78 is 13.5. The molecule has 0 aliphatic carbocycles. The standard InChI is InChI=1S/C17H19FN2/c1-2-15(19)14-5-3-4-6-16(14)20-10-9-12-7-8-13(18)11-17(12)20/h3-8,11,15H,2,9-10,19H2,1H3/t15-/m1/s1. The Bertz CT molecular complexity index is 624. The monoisotopic (exact) mass is 270 g/mol. The third-order valence-corrected chi connectivity index (χ3v) is 4.01. The number of hydrogen-bond donors (Lipinski definition) is 1. The first-order valence-corrected chi connectivity index (χ1v) is 7.11. The van der Waals surface area contributed by atoms with Gasteiger partial charge in [0.25, 0.3) is 0 Å². The molecule has 0 saturated heterocycles. The number of rotatable bonds is 3. The van der Waals surface area contributed by atoms with E-state index in [0.717, 1.165) is 36.3 Å². The van der Waals surface area contributed by atoms with Gasteiger partial charge in [-0.25, -0.2) is 4.39 Å². The largest absolute Gasteiger partial charge is 0.341 e. The van der Waals surface area contributed by atoms with Gasteiger partial charge in [-0.1, -0.05) is 31.2 Å². The van der Waals surface area contributed by atoms with Gasteiger partial charge in [0.05, 0.1) is 0 Å². The fourth-order valence-corrected chi connectivity index (χ4v) is 2.87. The molecule has 1 atom stereocenters. The molecule has 2 nitrogen and oxygen atoms in total. The van der Waals surface area contributed by atoms with Gasteiger partial charge in [-0.3, -0.25) is 0 Å². The highest BCUT2D eigenvalue weighted by Crippen LogP contribution is 2.38. The molecule has 0 bridgehead atoms. The molecule has 104 valence electrons. The van der Waals surface area contributed by atoms with Crippen LogP contribution in [-0.2, 0) is 6.42 Å². The number of benzene rings is 2. The van der Waals surface area contributed by atoms with Crippen LogP contribution < -0.4 is 10.6 Å². The van der Waals surface area contributed by atoms with Crippen LogP contribution in [0.3, 0.4) is 0 Å². The van der Waals surface area contributed by atoms with Crippen molar-refractivity contribution >= 4 is 11.4 Å². The van der Waals surface area contributed by atoms with Gasteiger partial charge in [-0.15, -0.1) is 0 Å². The smallest absolute Gasteiger partial charge is 0.125 e. The second-order valence-electron chi connectivity index (χ2n) is 5.25. The Morgan fingerprint density at radius 1 is 1.20 bits per heavy atom. The first-order valence-electron chi connectivity index (χ1n) is 7.11. The molecule has 2 aromatic rings. The summed E-state index contributed by atoms with van der Waals surface area (Å²) in [6.45, 7) is 2.96. The van der Waals surface area contributed by atoms with Gasteiger partial charge in [-0.2, -0.15) is 0 Å². The van der Waals surface area contributed by atoms with Gasteiger partial charge < -0.3 is 10.6 Å². The van der Waals surface area contributed by atoms with Crippen molar-refractivity contribution in [1.82, 2.24) is 0 Å². The molecule has 1 aliphatic rings. The lowest BCUT2D eigenvalue weighted by atomic mass is 10.0. The average Bonchev–Trinajstić information content (AvgIpc) is 2.89. The van der Waals surface area contributed by atoms with Gasteiger partial charge in [0.2, 0.25) is 0 Å². The first kappa shape index (κ1) is 13.1. The minimum absolute atomic E-state index is 0.0174. The van der Waals surface area contributed by atoms with Crippen LogP contribution in [-0.4, -0.2) is 6.54 Å². The summed E-state index contributed by atoms with van der Waals surface area (Å²) in [7, 11) is 0. The van der Waals surface area contributed by atoms with E-state index in [9.17, 15) is 4.39 Å². The minimum atomic E-state index is -0.187. The number of halogens is 1. The Kier molecular flexibility index (Phi) is 3.45. The first-order chi connectivity index (χ1) is 9.70. The van der Waals surface area contributed by atoms with Crippen LogP contribution in [0.15, 0.2) is 42.5 Å². The Morgan fingerprint density at radius 3 is 2.80 bits per heavy atom. The van der Waals surface area contributed by atoms with Gasteiger partial charge in [0.15, 0.2) is 0 Å². The van der Waals surface area contributed by atoms with E-state index in [1.54, 1.807) is 6.07 Å². The highest BCUT2D eigenvalue weighted by atomic mass is 19.1. The molecule has 1 heterocycles. The maximum Gasteiger partial charge on any atom is 0.125 e. The second kappa shape index (κ2) is 5.25. The summed E-state index contributed by atoms with van der Waals surface area (Å²) in [6.07, 6.45) is 1.84. The van der Waals surface area contributed by atoms with Gasteiger partial charge in [-0.05, 0) is 42.2 Å². The fourth-order valence-electron chi connectivity index (χ4n) is 2.87. The van der Waals surface area contributed by atoms with E-state index in [0.29, 0.717) is 0 Å². The van der Waals surface area contributed by atoms with Crippen LogP contribution in [0.4, 0.5) is 15.8 Å². The zero-order valence-electron chi connectivity index (χ0n) is 11.6. The Labute approximate surface area is 119 Å². The van der Waals surface area contributed by atoms with E-state index in [1.807, 2.05) is 18.2 Å². The van der Waals surface area contributed by atoms with E-state index >= 15 is 0 Å². The van der Waals surface area contributed by atoms with Crippen molar-refractivity contribution < 1.29 is 4.39 Å². The van der Waals surface area contributed by atoms with Crippen molar-refractivity contribution in [2.24, 2.45) is 5.73 Å². The van der Waals surface area contributed by atoms with Crippen LogP contribution in [0.2, 0.25) is 0 Å². The predicted molar refractivity (Wildman–Crippen MR) is 80.8 cm³/mol. The lowest BCUT2D eigenvalue weighted by molar-refractivity contribution is 0.628. The number of hydrogen-bond acceptors (Lipinski definition) is 2. The lowest BCUT2D eigenvalue weighted by Crippen LogP contribution is -2.19. The van der Waals surface area contributed by atoms with E-state index < -0.39 is 0 Å². The average molecular weight is 270 g/mol. The molecule has 0 aromatic heterocycles. The Morgan fingerprint density at radius 2 is 2.00 bits per heavy atom. The maximum absolute atomic E-state index is 13.5. The summed E-state index contributed by atoms with van der Waals surface area (Å²) in [5, 5.41) is 0. The number of nitrogens with zero attached hydrogens (tertiary/aromatic N) is 1. The lowest BCUT2D eigenvalue weighted by Gasteiger charge is -2.25. The molecule has 0 radical (unpaired) electrons. The van der Waals surface area contributed by atoms with Crippen molar-refractivity contribution in [2.45, 2.75) is 25.8 Å². The van der Waals surface area contributed by atoms with Crippen molar-refractivity contribution in [3.63, 3.8) is 0 Å². The summed E-state index contributed by atoms with van der Waals surface area (Å²) >= 11 is 0. The molecule has 1 aliphatic heterocycles. The minimum Gasteiger partial charge on any atom is -0.341 e. The molecule has 0 saturated carbocycles. The molecule has 3 heteroatoms. The molecule has 2 aromatic carbocycles. The molecular weight excluding hydrogens is 251 g/mol. The third-order valence-electron chi connectivity index (χ3n) is 4.01. The van der Waals surface area contributed by atoms with Crippen LogP contribution in [0, 0.1) is 5.82 Å². The normalized spacial score (nSPS) is 15.2. The predicted octanol–water partition coefficient (Wildman–Crippen LogP) is 3.93. The molecule has 20 heavy (non-hydrogen) atoms. The van der Waals surface area contributed by atoms with Crippen molar-refractivity contribution in [1.29, 1.82) is 0 Å². The Balaban J connectivity index is 2.06. The van der Waals surface area contributed by atoms with Crippen molar-refractivity contribution in [3.05, 3.63) is 59.4 Å². The molecule has 2 N–H and O–H groups in total. The Hall–Kier alpha value is -1.87. The quantitative estimate of drug-likeness (QED) is 0.915. The molecule has 0 unspecified atom stereocenters. The number of para-hydroxylation sites is 1. The highest BCUT2D eigenvalue weighted by Gasteiger charge is 2.23. The molecule has 0 spiro atoms. The fraction of sp³-hybridized carbons (Fsp3) is 0.294. The molecule has 0 fully saturated rings. The van der Waals surface area contributed by atoms with Crippen molar-refractivity contribution in [3.8, 4) is 0 Å². The topological polar surface area (TPSA) is 29.3 Å². The van der Waals surface area contributed by atoms with Gasteiger partial charge in [0.1, 0.15) is 5.82 Å². The van der Waals surface area contributed by atoms with E-state index in [4.69, 9.17) is 5.73 Å².